The number of carbonyl (C=O) groups excluding carboxylic acids is 1. The molecule has 29 heavy (non-hydrogen) atoms. The van der Waals surface area contributed by atoms with Crippen molar-refractivity contribution >= 4 is 5.91 Å². The maximum absolute atomic E-state index is 12.6. The minimum atomic E-state index is -4.79. The summed E-state index contributed by atoms with van der Waals surface area (Å²) in [7, 11) is 0. The van der Waals surface area contributed by atoms with Gasteiger partial charge < -0.3 is 9.64 Å². The van der Waals surface area contributed by atoms with E-state index < -0.39 is 12.1 Å². The number of rotatable bonds is 2. The van der Waals surface area contributed by atoms with Gasteiger partial charge in [0.1, 0.15) is 11.4 Å². The Bertz CT molecular complexity index is 977. The Hall–Kier alpha value is -3.27. The van der Waals surface area contributed by atoms with Crippen molar-refractivity contribution in [3.63, 3.8) is 0 Å². The van der Waals surface area contributed by atoms with Crippen molar-refractivity contribution in [2.45, 2.75) is 26.1 Å². The second kappa shape index (κ2) is 8.82. The van der Waals surface area contributed by atoms with Crippen LogP contribution in [0.3, 0.4) is 0 Å². The standard InChI is InChI=1S/C22H19F3N2O2/c1-16-5-2-8-19(26-16)9-3-6-17-11-13-27(14-12-17)21(28)18-7-4-10-20(15-18)29-22(23,24)25/h2,4-8,10,15H,11-14H2,1H3. The van der Waals surface area contributed by atoms with Crippen molar-refractivity contribution in [1.29, 1.82) is 0 Å². The van der Waals surface area contributed by atoms with Gasteiger partial charge in [-0.15, -0.1) is 13.2 Å². The molecule has 1 saturated heterocycles. The quantitative estimate of drug-likeness (QED) is 0.697. The molecule has 1 aliphatic heterocycles. The summed E-state index contributed by atoms with van der Waals surface area (Å²) in [5, 5.41) is 0. The van der Waals surface area contributed by atoms with Gasteiger partial charge in [0.2, 0.25) is 0 Å². The summed E-state index contributed by atoms with van der Waals surface area (Å²) in [5.41, 5.74) is 2.91. The van der Waals surface area contributed by atoms with Crippen LogP contribution in [-0.2, 0) is 0 Å². The molecule has 7 heteroatoms. The number of aromatic nitrogens is 1. The van der Waals surface area contributed by atoms with Crippen molar-refractivity contribution in [2.24, 2.45) is 0 Å². The number of ether oxygens (including phenoxy) is 1. The largest absolute Gasteiger partial charge is 0.573 e. The molecule has 0 N–H and O–H groups in total. The molecule has 1 fully saturated rings. The Balaban J connectivity index is 1.59. The van der Waals surface area contributed by atoms with Crippen molar-refractivity contribution in [2.75, 3.05) is 13.1 Å². The second-order valence-electron chi connectivity index (χ2n) is 6.60. The summed E-state index contributed by atoms with van der Waals surface area (Å²) in [6.45, 7) is 2.88. The van der Waals surface area contributed by atoms with Crippen LogP contribution in [0.1, 0.15) is 34.6 Å². The first-order valence-corrected chi connectivity index (χ1v) is 9.08. The summed E-state index contributed by atoms with van der Waals surface area (Å²) < 4.78 is 41.0. The molecular formula is C22H19F3N2O2. The lowest BCUT2D eigenvalue weighted by Crippen LogP contribution is -2.36. The molecule has 4 nitrogen and oxygen atoms in total. The van der Waals surface area contributed by atoms with E-state index >= 15 is 0 Å². The zero-order valence-corrected chi connectivity index (χ0v) is 15.8. The predicted octanol–water partition coefficient (Wildman–Crippen LogP) is 4.50. The molecule has 1 aromatic heterocycles. The van der Waals surface area contributed by atoms with E-state index in [-0.39, 0.29) is 11.5 Å². The number of aryl methyl sites for hydroxylation is 1. The number of alkyl halides is 3. The fraction of sp³-hybridized carbons (Fsp3) is 0.273. The van der Waals surface area contributed by atoms with Crippen LogP contribution in [0, 0.1) is 18.8 Å². The fourth-order valence-corrected chi connectivity index (χ4v) is 2.97. The fourth-order valence-electron chi connectivity index (χ4n) is 2.97. The highest BCUT2D eigenvalue weighted by Crippen LogP contribution is 2.25. The molecule has 1 aromatic carbocycles. The number of allylic oxidation sites excluding steroid dienone is 1. The minimum absolute atomic E-state index is 0.171. The number of amides is 1. The van der Waals surface area contributed by atoms with E-state index in [9.17, 15) is 18.0 Å². The van der Waals surface area contributed by atoms with E-state index in [0.29, 0.717) is 31.6 Å². The van der Waals surface area contributed by atoms with Gasteiger partial charge in [-0.1, -0.05) is 23.6 Å². The highest BCUT2D eigenvalue weighted by molar-refractivity contribution is 5.94. The number of carbonyl (C=O) groups is 1. The van der Waals surface area contributed by atoms with Crippen molar-refractivity contribution in [3.8, 4) is 17.6 Å². The first-order valence-electron chi connectivity index (χ1n) is 9.08. The van der Waals surface area contributed by atoms with E-state index in [1.165, 1.54) is 18.2 Å². The van der Waals surface area contributed by atoms with E-state index in [1.807, 2.05) is 31.2 Å². The Kier molecular flexibility index (Phi) is 6.23. The van der Waals surface area contributed by atoms with Crippen LogP contribution in [0.5, 0.6) is 5.75 Å². The SMILES string of the molecule is Cc1cccc(C#CC=C2CCN(C(=O)c3cccc(OC(F)(F)F)c3)CC2)n1. The third-order valence-electron chi connectivity index (χ3n) is 4.37. The summed E-state index contributed by atoms with van der Waals surface area (Å²) in [5.74, 6) is 5.28. The van der Waals surface area contributed by atoms with Gasteiger partial charge in [0.05, 0.1) is 0 Å². The number of piperidine rings is 1. The first-order chi connectivity index (χ1) is 13.8. The lowest BCUT2D eigenvalue weighted by Gasteiger charge is -2.28. The topological polar surface area (TPSA) is 42.4 Å². The predicted molar refractivity (Wildman–Crippen MR) is 102 cm³/mol. The monoisotopic (exact) mass is 400 g/mol. The summed E-state index contributed by atoms with van der Waals surface area (Å²) in [4.78, 5) is 18.5. The number of pyridine rings is 1. The molecule has 0 bridgehead atoms. The van der Waals surface area contributed by atoms with Gasteiger partial charge in [-0.25, -0.2) is 4.98 Å². The lowest BCUT2D eigenvalue weighted by atomic mass is 10.0. The average Bonchev–Trinajstić information content (AvgIpc) is 2.67. The van der Waals surface area contributed by atoms with Crippen LogP contribution in [0.25, 0.3) is 0 Å². The first kappa shape index (κ1) is 20.5. The Morgan fingerprint density at radius 3 is 2.59 bits per heavy atom. The van der Waals surface area contributed by atoms with Crippen LogP contribution in [-0.4, -0.2) is 35.2 Å². The Morgan fingerprint density at radius 2 is 1.90 bits per heavy atom. The number of hydrogen-bond acceptors (Lipinski definition) is 3. The van der Waals surface area contributed by atoms with Gasteiger partial charge >= 0.3 is 6.36 Å². The third kappa shape index (κ3) is 6.11. The third-order valence-corrected chi connectivity index (χ3v) is 4.37. The molecule has 0 radical (unpaired) electrons. The molecule has 0 saturated carbocycles. The highest BCUT2D eigenvalue weighted by Gasteiger charge is 2.31. The maximum Gasteiger partial charge on any atom is 0.573 e. The van der Waals surface area contributed by atoms with Gasteiger partial charge in [0.25, 0.3) is 5.91 Å². The normalized spacial score (nSPS) is 14.1. The van der Waals surface area contributed by atoms with Crippen LogP contribution in [0.2, 0.25) is 0 Å². The molecule has 150 valence electrons. The van der Waals surface area contributed by atoms with Gasteiger partial charge in [0.15, 0.2) is 0 Å². The van der Waals surface area contributed by atoms with Gasteiger partial charge in [0, 0.05) is 24.3 Å². The molecule has 0 aliphatic carbocycles. The van der Waals surface area contributed by atoms with E-state index in [1.54, 1.807) is 4.90 Å². The number of nitrogens with zero attached hydrogens (tertiary/aromatic N) is 2. The average molecular weight is 400 g/mol. The van der Waals surface area contributed by atoms with E-state index in [2.05, 4.69) is 21.6 Å². The number of likely N-dealkylation sites (tertiary alicyclic amines) is 1. The maximum atomic E-state index is 12.6. The second-order valence-corrected chi connectivity index (χ2v) is 6.60. The van der Waals surface area contributed by atoms with E-state index in [4.69, 9.17) is 0 Å². The van der Waals surface area contributed by atoms with Crippen LogP contribution >= 0.6 is 0 Å². The van der Waals surface area contributed by atoms with Crippen LogP contribution in [0.15, 0.2) is 54.1 Å². The lowest BCUT2D eigenvalue weighted by molar-refractivity contribution is -0.274. The zero-order valence-electron chi connectivity index (χ0n) is 15.8. The highest BCUT2D eigenvalue weighted by atomic mass is 19.4. The Labute approximate surface area is 167 Å². The molecule has 1 amide bonds. The van der Waals surface area contributed by atoms with Gasteiger partial charge in [-0.05, 0) is 62.1 Å². The summed E-state index contributed by atoms with van der Waals surface area (Å²) >= 11 is 0. The summed E-state index contributed by atoms with van der Waals surface area (Å²) in [6.07, 6.45) is -1.61. The molecule has 0 spiro atoms. The van der Waals surface area contributed by atoms with E-state index in [0.717, 1.165) is 17.3 Å². The molecular weight excluding hydrogens is 381 g/mol. The smallest absolute Gasteiger partial charge is 0.406 e. The Morgan fingerprint density at radius 1 is 1.17 bits per heavy atom. The molecule has 0 unspecified atom stereocenters. The minimum Gasteiger partial charge on any atom is -0.406 e. The molecule has 2 aromatic rings. The molecule has 1 aliphatic rings. The van der Waals surface area contributed by atoms with Gasteiger partial charge in [-0.2, -0.15) is 0 Å². The van der Waals surface area contributed by atoms with Crippen molar-refractivity contribution in [3.05, 3.63) is 71.1 Å². The van der Waals surface area contributed by atoms with Crippen LogP contribution in [0.4, 0.5) is 13.2 Å². The molecule has 3 rings (SSSR count). The number of benzene rings is 1. The molecule has 0 atom stereocenters. The zero-order chi connectivity index (χ0) is 20.9. The van der Waals surface area contributed by atoms with Crippen molar-refractivity contribution in [1.82, 2.24) is 9.88 Å². The van der Waals surface area contributed by atoms with Gasteiger partial charge in [-0.3, -0.25) is 4.79 Å². The molecule has 2 heterocycles. The van der Waals surface area contributed by atoms with Crippen molar-refractivity contribution < 1.29 is 22.7 Å². The number of hydrogen-bond donors (Lipinski definition) is 0. The van der Waals surface area contributed by atoms with Crippen LogP contribution < -0.4 is 4.74 Å². The summed E-state index contributed by atoms with van der Waals surface area (Å²) in [6, 6.07) is 10.8. The number of halogens is 3.